The monoisotopic (exact) mass is 424 g/mol. The van der Waals surface area contributed by atoms with Crippen molar-refractivity contribution in [3.8, 4) is 5.75 Å². The summed E-state index contributed by atoms with van der Waals surface area (Å²) in [6.07, 6.45) is 1.62. The molecule has 1 fully saturated rings. The zero-order chi connectivity index (χ0) is 21.7. The summed E-state index contributed by atoms with van der Waals surface area (Å²) in [7, 11) is 0. The maximum Gasteiger partial charge on any atom is 0.344 e. The lowest BCUT2D eigenvalue weighted by Gasteiger charge is -2.09. The van der Waals surface area contributed by atoms with Gasteiger partial charge in [0.1, 0.15) is 5.75 Å². The summed E-state index contributed by atoms with van der Waals surface area (Å²) < 4.78 is 10.4. The van der Waals surface area contributed by atoms with Crippen LogP contribution in [0.25, 0.3) is 6.08 Å². The van der Waals surface area contributed by atoms with Gasteiger partial charge in [-0.3, -0.25) is 4.79 Å². The van der Waals surface area contributed by atoms with E-state index in [9.17, 15) is 9.59 Å². The van der Waals surface area contributed by atoms with E-state index in [1.54, 1.807) is 32.1 Å². The van der Waals surface area contributed by atoms with E-state index >= 15 is 0 Å². The molecule has 0 bridgehead atoms. The molecule has 1 N–H and O–H groups in total. The third kappa shape index (κ3) is 5.97. The molecule has 0 aliphatic carbocycles. The highest BCUT2D eigenvalue weighted by molar-refractivity contribution is 8.18. The number of rotatable bonds is 6. The van der Waals surface area contributed by atoms with Gasteiger partial charge >= 0.3 is 5.97 Å². The van der Waals surface area contributed by atoms with Crippen LogP contribution in [0.1, 0.15) is 30.5 Å². The molecule has 1 aliphatic heterocycles. The summed E-state index contributed by atoms with van der Waals surface area (Å²) in [5, 5.41) is 3.35. The van der Waals surface area contributed by atoms with Crippen LogP contribution in [0.4, 0.5) is 5.69 Å². The van der Waals surface area contributed by atoms with Crippen molar-refractivity contribution in [1.82, 2.24) is 5.32 Å². The summed E-state index contributed by atoms with van der Waals surface area (Å²) in [5.41, 5.74) is 4.01. The summed E-state index contributed by atoms with van der Waals surface area (Å²) in [6.45, 7) is 7.51. The number of amides is 1. The number of amidine groups is 1. The van der Waals surface area contributed by atoms with Gasteiger partial charge in [0.2, 0.25) is 0 Å². The third-order valence-electron chi connectivity index (χ3n) is 4.27. The Hall–Kier alpha value is -3.06. The molecule has 0 aromatic heterocycles. The van der Waals surface area contributed by atoms with Crippen molar-refractivity contribution in [3.05, 3.63) is 64.1 Å². The Balaban J connectivity index is 1.63. The van der Waals surface area contributed by atoms with Crippen molar-refractivity contribution in [2.75, 3.05) is 6.61 Å². The van der Waals surface area contributed by atoms with Crippen LogP contribution < -0.4 is 10.1 Å². The minimum Gasteiger partial charge on any atom is -0.482 e. The molecule has 156 valence electrons. The van der Waals surface area contributed by atoms with Crippen molar-refractivity contribution in [2.45, 2.75) is 33.8 Å². The van der Waals surface area contributed by atoms with Crippen molar-refractivity contribution < 1.29 is 19.1 Å². The Bertz CT molecular complexity index is 1010. The number of hydrogen-bond acceptors (Lipinski definition) is 6. The molecule has 2 aromatic carbocycles. The minimum atomic E-state index is -0.411. The Morgan fingerprint density at radius 1 is 1.13 bits per heavy atom. The number of carbonyl (C=O) groups excluding carboxylic acids is 2. The summed E-state index contributed by atoms with van der Waals surface area (Å²) in [6, 6.07) is 13.1. The van der Waals surface area contributed by atoms with Crippen molar-refractivity contribution in [2.24, 2.45) is 4.99 Å². The van der Waals surface area contributed by atoms with Gasteiger partial charge in [-0.2, -0.15) is 0 Å². The van der Waals surface area contributed by atoms with Gasteiger partial charge < -0.3 is 14.8 Å². The highest BCUT2D eigenvalue weighted by Crippen LogP contribution is 2.29. The number of carbonyl (C=O) groups is 2. The number of thioether (sulfide) groups is 1. The van der Waals surface area contributed by atoms with Crippen LogP contribution in [0, 0.1) is 13.8 Å². The lowest BCUT2D eigenvalue weighted by Crippen LogP contribution is -2.19. The lowest BCUT2D eigenvalue weighted by atomic mass is 10.1. The van der Waals surface area contributed by atoms with Gasteiger partial charge in [-0.05, 0) is 86.5 Å². The standard InChI is InChI=1S/C23H24N2O4S/c1-14(2)29-21(26)13-28-19-9-6-17(7-10-19)12-20-22(27)25-23(30-20)24-18-8-5-15(3)16(4)11-18/h5-12,14H,13H2,1-4H3,(H,24,25,27)/b20-12-. The molecular formula is C23H24N2O4S. The van der Waals surface area contributed by atoms with E-state index in [1.165, 1.54) is 17.3 Å². The smallest absolute Gasteiger partial charge is 0.344 e. The SMILES string of the molecule is Cc1ccc(N=C2NC(=O)/C(=C/c3ccc(OCC(=O)OC(C)C)cc3)S2)cc1C. The van der Waals surface area contributed by atoms with Crippen LogP contribution in [0.15, 0.2) is 52.4 Å². The van der Waals surface area contributed by atoms with Crippen molar-refractivity contribution in [1.29, 1.82) is 0 Å². The molecule has 3 rings (SSSR count). The normalized spacial score (nSPS) is 16.2. The average molecular weight is 425 g/mol. The molecule has 1 heterocycles. The van der Waals surface area contributed by atoms with Crippen LogP contribution in [-0.2, 0) is 14.3 Å². The highest BCUT2D eigenvalue weighted by Gasteiger charge is 2.23. The van der Waals surface area contributed by atoms with Gasteiger partial charge in [0.15, 0.2) is 11.8 Å². The van der Waals surface area contributed by atoms with Crippen molar-refractivity contribution >= 4 is 40.6 Å². The number of nitrogens with one attached hydrogen (secondary N) is 1. The molecule has 6 nitrogen and oxygen atoms in total. The first-order chi connectivity index (χ1) is 14.3. The van der Waals surface area contributed by atoms with E-state index in [-0.39, 0.29) is 18.6 Å². The number of nitrogens with zero attached hydrogens (tertiary/aromatic N) is 1. The van der Waals surface area contributed by atoms with Crippen molar-refractivity contribution in [3.63, 3.8) is 0 Å². The number of hydrogen-bond donors (Lipinski definition) is 1. The minimum absolute atomic E-state index is 0.144. The molecule has 1 amide bonds. The number of ether oxygens (including phenoxy) is 2. The molecule has 30 heavy (non-hydrogen) atoms. The van der Waals surface area contributed by atoms with E-state index < -0.39 is 5.97 Å². The van der Waals surface area contributed by atoms with E-state index in [0.717, 1.165) is 16.8 Å². The zero-order valence-corrected chi connectivity index (χ0v) is 18.2. The van der Waals surface area contributed by atoms with Gasteiger partial charge in [0.25, 0.3) is 5.91 Å². The number of aliphatic imine (C=N–C) groups is 1. The molecule has 1 aliphatic rings. The summed E-state index contributed by atoms with van der Waals surface area (Å²) >= 11 is 1.30. The first-order valence-corrected chi connectivity index (χ1v) is 10.4. The summed E-state index contributed by atoms with van der Waals surface area (Å²) in [4.78, 5) is 28.9. The van der Waals surface area contributed by atoms with Gasteiger partial charge in [0.05, 0.1) is 16.7 Å². The molecule has 7 heteroatoms. The zero-order valence-electron chi connectivity index (χ0n) is 17.4. The predicted octanol–water partition coefficient (Wildman–Crippen LogP) is 4.53. The van der Waals surface area contributed by atoms with E-state index in [0.29, 0.717) is 15.8 Å². The fourth-order valence-corrected chi connectivity index (χ4v) is 3.49. The second kappa shape index (κ2) is 9.63. The molecule has 1 saturated heterocycles. The number of aryl methyl sites for hydroxylation is 2. The van der Waals surface area contributed by atoms with Crippen LogP contribution in [0.5, 0.6) is 5.75 Å². The molecule has 0 atom stereocenters. The van der Waals surface area contributed by atoms with Crippen LogP contribution in [-0.4, -0.2) is 29.8 Å². The van der Waals surface area contributed by atoms with Crippen LogP contribution in [0.2, 0.25) is 0 Å². The topological polar surface area (TPSA) is 77.0 Å². The van der Waals surface area contributed by atoms with E-state index in [1.807, 2.05) is 44.2 Å². The fourth-order valence-electron chi connectivity index (χ4n) is 2.64. The predicted molar refractivity (Wildman–Crippen MR) is 120 cm³/mol. The lowest BCUT2D eigenvalue weighted by molar-refractivity contribution is -0.149. The van der Waals surface area contributed by atoms with Gasteiger partial charge in [-0.25, -0.2) is 9.79 Å². The third-order valence-corrected chi connectivity index (χ3v) is 5.18. The van der Waals surface area contributed by atoms with Gasteiger partial charge in [-0.1, -0.05) is 18.2 Å². The highest BCUT2D eigenvalue weighted by atomic mass is 32.2. The number of esters is 1. The van der Waals surface area contributed by atoms with Crippen LogP contribution in [0.3, 0.4) is 0 Å². The van der Waals surface area contributed by atoms with Gasteiger partial charge in [0, 0.05) is 0 Å². The maximum atomic E-state index is 12.3. The second-order valence-electron chi connectivity index (χ2n) is 7.15. The molecule has 0 radical (unpaired) electrons. The Kier molecular flexibility index (Phi) is 6.95. The largest absolute Gasteiger partial charge is 0.482 e. The maximum absolute atomic E-state index is 12.3. The molecule has 0 saturated carbocycles. The quantitative estimate of drug-likeness (QED) is 0.545. The molecular weight excluding hydrogens is 400 g/mol. The summed E-state index contributed by atoms with van der Waals surface area (Å²) in [5.74, 6) is -0.0384. The Morgan fingerprint density at radius 2 is 1.87 bits per heavy atom. The molecule has 0 spiro atoms. The van der Waals surface area contributed by atoms with Gasteiger partial charge in [-0.15, -0.1) is 0 Å². The number of benzene rings is 2. The Morgan fingerprint density at radius 3 is 2.53 bits per heavy atom. The van der Waals surface area contributed by atoms with Crippen LogP contribution >= 0.6 is 11.8 Å². The molecule has 2 aromatic rings. The first kappa shape index (κ1) is 21.6. The average Bonchev–Trinajstić information content (AvgIpc) is 3.02. The first-order valence-electron chi connectivity index (χ1n) is 9.59. The Labute approximate surface area is 180 Å². The van der Waals surface area contributed by atoms with E-state index in [2.05, 4.69) is 10.3 Å². The fraction of sp³-hybridized carbons (Fsp3) is 0.261. The molecule has 0 unspecified atom stereocenters. The second-order valence-corrected chi connectivity index (χ2v) is 8.18. The van der Waals surface area contributed by atoms with E-state index in [4.69, 9.17) is 9.47 Å².